The molecular weight excluding hydrogens is 242 g/mol. The lowest BCUT2D eigenvalue weighted by Gasteiger charge is -2.37. The Kier molecular flexibility index (Phi) is 8.62. The Hall–Kier alpha value is -0.160. The summed E-state index contributed by atoms with van der Waals surface area (Å²) in [4.78, 5) is 0. The van der Waals surface area contributed by atoms with E-state index in [0.717, 1.165) is 31.8 Å². The average Bonchev–Trinajstić information content (AvgIpc) is 2.43. The summed E-state index contributed by atoms with van der Waals surface area (Å²) >= 11 is 0. The third kappa shape index (κ3) is 7.25. The van der Waals surface area contributed by atoms with E-state index in [1.54, 1.807) is 7.11 Å². The number of hydrogen-bond donors (Lipinski definition) is 1. The first-order valence-electron chi connectivity index (χ1n) is 7.63. The summed E-state index contributed by atoms with van der Waals surface area (Å²) in [5.74, 6) is 0.895. The van der Waals surface area contributed by atoms with Crippen LogP contribution in [0.15, 0.2) is 0 Å². The lowest BCUT2D eigenvalue weighted by molar-refractivity contribution is 0.0186. The Morgan fingerprint density at radius 3 is 2.16 bits per heavy atom. The fourth-order valence-electron chi connectivity index (χ4n) is 2.65. The largest absolute Gasteiger partial charge is 0.382 e. The fourth-order valence-corrected chi connectivity index (χ4v) is 2.65. The molecule has 0 radical (unpaired) electrons. The van der Waals surface area contributed by atoms with Crippen molar-refractivity contribution in [2.45, 2.75) is 51.0 Å². The van der Waals surface area contributed by atoms with Gasteiger partial charge in [0.05, 0.1) is 26.4 Å². The van der Waals surface area contributed by atoms with Crippen LogP contribution in [0.4, 0.5) is 0 Å². The molecule has 0 saturated heterocycles. The standard InChI is InChI=1S/C15H31NO3/c1-3-14-4-6-15(16,7-5-14)8-9-18-12-13-19-11-10-17-2/h14H,3-13,16H2,1-2H3. The molecule has 1 aliphatic rings. The quantitative estimate of drug-likeness (QED) is 0.621. The van der Waals surface area contributed by atoms with Crippen LogP contribution in [0.2, 0.25) is 0 Å². The van der Waals surface area contributed by atoms with Crippen LogP contribution in [0, 0.1) is 5.92 Å². The van der Waals surface area contributed by atoms with Gasteiger partial charge in [-0.2, -0.15) is 0 Å². The maximum absolute atomic E-state index is 6.43. The van der Waals surface area contributed by atoms with Crippen molar-refractivity contribution in [3.63, 3.8) is 0 Å². The maximum atomic E-state index is 6.43. The molecule has 2 N–H and O–H groups in total. The van der Waals surface area contributed by atoms with Crippen LogP contribution in [-0.4, -0.2) is 45.7 Å². The molecule has 1 aliphatic carbocycles. The van der Waals surface area contributed by atoms with Crippen molar-refractivity contribution in [1.29, 1.82) is 0 Å². The third-order valence-electron chi connectivity index (χ3n) is 4.23. The molecule has 0 unspecified atom stereocenters. The smallest absolute Gasteiger partial charge is 0.0701 e. The molecule has 19 heavy (non-hydrogen) atoms. The van der Waals surface area contributed by atoms with E-state index in [2.05, 4.69) is 6.92 Å². The first kappa shape index (κ1) is 16.9. The average molecular weight is 273 g/mol. The van der Waals surface area contributed by atoms with E-state index in [0.29, 0.717) is 26.4 Å². The second kappa shape index (κ2) is 9.70. The van der Waals surface area contributed by atoms with Crippen molar-refractivity contribution in [2.24, 2.45) is 11.7 Å². The van der Waals surface area contributed by atoms with Gasteiger partial charge in [-0.25, -0.2) is 0 Å². The molecule has 1 fully saturated rings. The summed E-state index contributed by atoms with van der Waals surface area (Å²) in [7, 11) is 1.67. The fraction of sp³-hybridized carbons (Fsp3) is 1.00. The van der Waals surface area contributed by atoms with Gasteiger partial charge in [-0.3, -0.25) is 0 Å². The lowest BCUT2D eigenvalue weighted by Crippen LogP contribution is -2.44. The van der Waals surface area contributed by atoms with Gasteiger partial charge in [0.25, 0.3) is 0 Å². The van der Waals surface area contributed by atoms with E-state index >= 15 is 0 Å². The molecule has 1 saturated carbocycles. The van der Waals surface area contributed by atoms with Crippen molar-refractivity contribution in [3.8, 4) is 0 Å². The molecule has 0 aromatic rings. The molecule has 0 spiro atoms. The van der Waals surface area contributed by atoms with Gasteiger partial charge < -0.3 is 19.9 Å². The Bertz CT molecular complexity index is 215. The summed E-state index contributed by atoms with van der Waals surface area (Å²) in [6.45, 7) is 5.60. The second-order valence-corrected chi connectivity index (χ2v) is 5.68. The molecule has 0 aromatic heterocycles. The van der Waals surface area contributed by atoms with Crippen LogP contribution >= 0.6 is 0 Å². The van der Waals surface area contributed by atoms with E-state index in [-0.39, 0.29) is 5.54 Å². The summed E-state index contributed by atoms with van der Waals surface area (Å²) in [5.41, 5.74) is 6.45. The molecule has 0 aliphatic heterocycles. The predicted octanol–water partition coefficient (Wildman–Crippen LogP) is 2.35. The zero-order valence-corrected chi connectivity index (χ0v) is 12.7. The first-order valence-corrected chi connectivity index (χ1v) is 7.63. The second-order valence-electron chi connectivity index (χ2n) is 5.68. The normalized spacial score (nSPS) is 27.6. The van der Waals surface area contributed by atoms with Gasteiger partial charge in [0.15, 0.2) is 0 Å². The van der Waals surface area contributed by atoms with Gasteiger partial charge in [0, 0.05) is 19.3 Å². The third-order valence-corrected chi connectivity index (χ3v) is 4.23. The van der Waals surface area contributed by atoms with Crippen LogP contribution in [0.5, 0.6) is 0 Å². The molecule has 4 heteroatoms. The van der Waals surface area contributed by atoms with Crippen molar-refractivity contribution in [1.82, 2.24) is 0 Å². The molecular formula is C15H31NO3. The summed E-state index contributed by atoms with van der Waals surface area (Å²) < 4.78 is 15.8. The van der Waals surface area contributed by atoms with E-state index < -0.39 is 0 Å². The number of nitrogens with two attached hydrogens (primary N) is 1. The minimum Gasteiger partial charge on any atom is -0.382 e. The number of rotatable bonds is 10. The van der Waals surface area contributed by atoms with Gasteiger partial charge in [0.2, 0.25) is 0 Å². The highest BCUT2D eigenvalue weighted by Crippen LogP contribution is 2.33. The van der Waals surface area contributed by atoms with E-state index in [4.69, 9.17) is 19.9 Å². The van der Waals surface area contributed by atoms with Crippen molar-refractivity contribution in [2.75, 3.05) is 40.1 Å². The molecule has 1 rings (SSSR count). The van der Waals surface area contributed by atoms with Crippen LogP contribution < -0.4 is 5.73 Å². The molecule has 0 aromatic carbocycles. The van der Waals surface area contributed by atoms with Crippen LogP contribution in [0.1, 0.15) is 45.4 Å². The van der Waals surface area contributed by atoms with Gasteiger partial charge >= 0.3 is 0 Å². The Morgan fingerprint density at radius 2 is 1.58 bits per heavy atom. The van der Waals surface area contributed by atoms with Gasteiger partial charge in [-0.1, -0.05) is 13.3 Å². The monoisotopic (exact) mass is 273 g/mol. The zero-order chi connectivity index (χ0) is 14.0. The number of ether oxygens (including phenoxy) is 3. The van der Waals surface area contributed by atoms with Crippen molar-refractivity contribution in [3.05, 3.63) is 0 Å². The highest BCUT2D eigenvalue weighted by Gasteiger charge is 2.30. The molecule has 4 nitrogen and oxygen atoms in total. The molecule has 114 valence electrons. The number of hydrogen-bond acceptors (Lipinski definition) is 4. The maximum Gasteiger partial charge on any atom is 0.0701 e. The van der Waals surface area contributed by atoms with E-state index in [9.17, 15) is 0 Å². The minimum absolute atomic E-state index is 0.0164. The van der Waals surface area contributed by atoms with Crippen molar-refractivity contribution < 1.29 is 14.2 Å². The predicted molar refractivity (Wildman–Crippen MR) is 77.3 cm³/mol. The molecule has 0 amide bonds. The van der Waals surface area contributed by atoms with Gasteiger partial charge in [0.1, 0.15) is 0 Å². The Morgan fingerprint density at radius 1 is 1.00 bits per heavy atom. The molecule has 0 atom stereocenters. The van der Waals surface area contributed by atoms with Crippen molar-refractivity contribution >= 4 is 0 Å². The van der Waals surface area contributed by atoms with Gasteiger partial charge in [-0.15, -0.1) is 0 Å². The van der Waals surface area contributed by atoms with Crippen LogP contribution in [0.25, 0.3) is 0 Å². The molecule has 0 bridgehead atoms. The topological polar surface area (TPSA) is 53.7 Å². The van der Waals surface area contributed by atoms with E-state index in [1.165, 1.54) is 19.3 Å². The first-order chi connectivity index (χ1) is 9.20. The molecule has 0 heterocycles. The van der Waals surface area contributed by atoms with Crippen LogP contribution in [0.3, 0.4) is 0 Å². The Labute approximate surface area is 118 Å². The highest BCUT2D eigenvalue weighted by atomic mass is 16.5. The minimum atomic E-state index is 0.0164. The SMILES string of the molecule is CCC1CCC(N)(CCOCCOCCOC)CC1. The zero-order valence-electron chi connectivity index (χ0n) is 12.7. The highest BCUT2D eigenvalue weighted by molar-refractivity contribution is 4.89. The Balaban J connectivity index is 1.97. The van der Waals surface area contributed by atoms with Gasteiger partial charge in [-0.05, 0) is 38.0 Å². The lowest BCUT2D eigenvalue weighted by atomic mass is 9.75. The summed E-state index contributed by atoms with van der Waals surface area (Å²) in [6.07, 6.45) is 7.14. The van der Waals surface area contributed by atoms with E-state index in [1.807, 2.05) is 0 Å². The summed E-state index contributed by atoms with van der Waals surface area (Å²) in [5, 5.41) is 0. The summed E-state index contributed by atoms with van der Waals surface area (Å²) in [6, 6.07) is 0. The van der Waals surface area contributed by atoms with Crippen LogP contribution in [-0.2, 0) is 14.2 Å². The number of methoxy groups -OCH3 is 1.